The molecule has 24 heavy (non-hydrogen) atoms. The van der Waals surface area contributed by atoms with Gasteiger partial charge in [-0.25, -0.2) is 0 Å². The van der Waals surface area contributed by atoms with E-state index in [9.17, 15) is 4.79 Å². The van der Waals surface area contributed by atoms with Crippen LogP contribution in [0.4, 0.5) is 0 Å². The fourth-order valence-electron chi connectivity index (χ4n) is 3.06. The quantitative estimate of drug-likeness (QED) is 0.736. The van der Waals surface area contributed by atoms with Crippen LogP contribution in [0, 0.1) is 6.92 Å². The van der Waals surface area contributed by atoms with Crippen molar-refractivity contribution in [2.75, 3.05) is 45.9 Å². The topological polar surface area (TPSA) is 44.8 Å². The summed E-state index contributed by atoms with van der Waals surface area (Å²) in [6, 6.07) is 8.62. The molecule has 1 aromatic carbocycles. The number of para-hydroxylation sites is 1. The molecule has 0 atom stereocenters. The molecule has 0 aromatic heterocycles. The summed E-state index contributed by atoms with van der Waals surface area (Å²) in [5.41, 5.74) is 1.19. The largest absolute Gasteiger partial charge is 0.493 e. The molecule has 1 saturated carbocycles. The first-order valence-corrected chi connectivity index (χ1v) is 9.13. The number of hydrogen-bond donors (Lipinski definition) is 1. The lowest BCUT2D eigenvalue weighted by Crippen LogP contribution is -2.49. The van der Waals surface area contributed by atoms with Gasteiger partial charge in [-0.1, -0.05) is 18.2 Å². The van der Waals surface area contributed by atoms with Crippen molar-refractivity contribution in [3.05, 3.63) is 29.8 Å². The van der Waals surface area contributed by atoms with Crippen LogP contribution in [-0.4, -0.2) is 67.6 Å². The molecule has 132 valence electrons. The predicted octanol–water partition coefficient (Wildman–Crippen LogP) is 1.66. The fraction of sp³-hybridized carbons (Fsp3) is 0.632. The lowest BCUT2D eigenvalue weighted by Gasteiger charge is -2.34. The fourth-order valence-corrected chi connectivity index (χ4v) is 3.06. The average molecular weight is 331 g/mol. The van der Waals surface area contributed by atoms with Crippen molar-refractivity contribution < 1.29 is 9.53 Å². The van der Waals surface area contributed by atoms with Gasteiger partial charge in [0.15, 0.2) is 0 Å². The predicted molar refractivity (Wildman–Crippen MR) is 95.3 cm³/mol. The molecule has 3 rings (SSSR count). The van der Waals surface area contributed by atoms with Gasteiger partial charge in [0.25, 0.3) is 0 Å². The molecule has 5 heteroatoms. The van der Waals surface area contributed by atoms with Gasteiger partial charge in [0.05, 0.1) is 13.2 Å². The van der Waals surface area contributed by atoms with Crippen LogP contribution in [0.5, 0.6) is 5.75 Å². The summed E-state index contributed by atoms with van der Waals surface area (Å²) in [6.07, 6.45) is 3.35. The third-order valence-corrected chi connectivity index (χ3v) is 4.74. The highest BCUT2D eigenvalue weighted by Crippen LogP contribution is 2.18. The van der Waals surface area contributed by atoms with Crippen molar-refractivity contribution >= 4 is 5.91 Å². The Balaban J connectivity index is 1.27. The summed E-state index contributed by atoms with van der Waals surface area (Å²) in [5.74, 6) is 1.18. The van der Waals surface area contributed by atoms with E-state index < -0.39 is 0 Å². The Morgan fingerprint density at radius 3 is 2.58 bits per heavy atom. The van der Waals surface area contributed by atoms with Crippen LogP contribution in [0.2, 0.25) is 0 Å². The highest BCUT2D eigenvalue weighted by atomic mass is 16.5. The summed E-state index contributed by atoms with van der Waals surface area (Å²) in [4.78, 5) is 16.6. The maximum absolute atomic E-state index is 11.8. The highest BCUT2D eigenvalue weighted by molar-refractivity contribution is 5.78. The van der Waals surface area contributed by atoms with E-state index in [1.165, 1.54) is 5.56 Å². The normalized spacial score (nSPS) is 19.2. The number of amides is 1. The average Bonchev–Trinajstić information content (AvgIpc) is 3.38. The second kappa shape index (κ2) is 8.49. The molecule has 0 radical (unpaired) electrons. The van der Waals surface area contributed by atoms with Crippen molar-refractivity contribution in [3.8, 4) is 5.75 Å². The van der Waals surface area contributed by atoms with Crippen LogP contribution in [-0.2, 0) is 4.79 Å². The van der Waals surface area contributed by atoms with Gasteiger partial charge in [-0.15, -0.1) is 0 Å². The Bertz CT molecular complexity index is 537. The molecule has 5 nitrogen and oxygen atoms in total. The molecule has 0 spiro atoms. The Kier molecular flexibility index (Phi) is 6.10. The number of ether oxygens (including phenoxy) is 1. The molecule has 1 aromatic rings. The molecule has 2 aliphatic rings. The van der Waals surface area contributed by atoms with Crippen molar-refractivity contribution in [2.24, 2.45) is 0 Å². The number of rotatable bonds is 8. The van der Waals surface area contributed by atoms with Gasteiger partial charge in [0.2, 0.25) is 5.91 Å². The number of carbonyl (C=O) groups excluding carboxylic acids is 1. The summed E-state index contributed by atoms with van der Waals surface area (Å²) >= 11 is 0. The summed E-state index contributed by atoms with van der Waals surface area (Å²) in [5, 5.41) is 3.06. The SMILES string of the molecule is Cc1ccccc1OCCCN1CCN(CC(=O)NC2CC2)CC1. The smallest absolute Gasteiger partial charge is 0.234 e. The number of benzene rings is 1. The van der Waals surface area contributed by atoms with E-state index in [1.807, 2.05) is 18.2 Å². The maximum Gasteiger partial charge on any atom is 0.234 e. The minimum atomic E-state index is 0.192. The van der Waals surface area contributed by atoms with E-state index in [0.717, 1.165) is 64.3 Å². The monoisotopic (exact) mass is 331 g/mol. The van der Waals surface area contributed by atoms with Gasteiger partial charge in [0.1, 0.15) is 5.75 Å². The zero-order valence-corrected chi connectivity index (χ0v) is 14.7. The highest BCUT2D eigenvalue weighted by Gasteiger charge is 2.25. The molecule has 0 unspecified atom stereocenters. The molecule has 1 aliphatic carbocycles. The molecular formula is C19H29N3O2. The maximum atomic E-state index is 11.8. The van der Waals surface area contributed by atoms with Gasteiger partial charge in [-0.2, -0.15) is 0 Å². The lowest BCUT2D eigenvalue weighted by molar-refractivity contribution is -0.122. The summed E-state index contributed by atoms with van der Waals surface area (Å²) in [6.45, 7) is 8.51. The Labute approximate surface area is 145 Å². The van der Waals surface area contributed by atoms with Gasteiger partial charge < -0.3 is 15.0 Å². The molecular weight excluding hydrogens is 302 g/mol. The van der Waals surface area contributed by atoms with Gasteiger partial charge >= 0.3 is 0 Å². The minimum absolute atomic E-state index is 0.192. The van der Waals surface area contributed by atoms with Crippen LogP contribution >= 0.6 is 0 Å². The lowest BCUT2D eigenvalue weighted by atomic mass is 10.2. The van der Waals surface area contributed by atoms with Crippen molar-refractivity contribution in [2.45, 2.75) is 32.2 Å². The van der Waals surface area contributed by atoms with Crippen LogP contribution < -0.4 is 10.1 Å². The molecule has 1 aliphatic heterocycles. The number of nitrogens with zero attached hydrogens (tertiary/aromatic N) is 2. The van der Waals surface area contributed by atoms with Crippen molar-refractivity contribution in [1.82, 2.24) is 15.1 Å². The first kappa shape index (κ1) is 17.2. The molecule has 0 bridgehead atoms. The Hall–Kier alpha value is -1.59. The standard InChI is InChI=1S/C19H29N3O2/c1-16-5-2-3-6-18(16)24-14-4-9-21-10-12-22(13-11-21)15-19(23)20-17-7-8-17/h2-3,5-6,17H,4,7-15H2,1H3,(H,20,23). The van der Waals surface area contributed by atoms with Gasteiger partial charge in [0, 0.05) is 38.8 Å². The first-order chi connectivity index (χ1) is 11.7. The number of aryl methyl sites for hydroxylation is 1. The molecule has 2 fully saturated rings. The Morgan fingerprint density at radius 2 is 1.88 bits per heavy atom. The number of hydrogen-bond acceptors (Lipinski definition) is 4. The van der Waals surface area contributed by atoms with E-state index in [4.69, 9.17) is 4.74 Å². The van der Waals surface area contributed by atoms with E-state index in [1.54, 1.807) is 0 Å². The third-order valence-electron chi connectivity index (χ3n) is 4.74. The summed E-state index contributed by atoms with van der Waals surface area (Å²) in [7, 11) is 0. The minimum Gasteiger partial charge on any atom is -0.493 e. The third kappa shape index (κ3) is 5.49. The van der Waals surface area contributed by atoms with Crippen molar-refractivity contribution in [3.63, 3.8) is 0 Å². The van der Waals surface area contributed by atoms with Gasteiger partial charge in [-0.3, -0.25) is 9.69 Å². The van der Waals surface area contributed by atoms with Crippen LogP contribution in [0.25, 0.3) is 0 Å². The van der Waals surface area contributed by atoms with E-state index in [0.29, 0.717) is 12.6 Å². The number of piperazine rings is 1. The molecule has 1 amide bonds. The van der Waals surface area contributed by atoms with E-state index >= 15 is 0 Å². The van der Waals surface area contributed by atoms with Crippen LogP contribution in [0.1, 0.15) is 24.8 Å². The number of carbonyl (C=O) groups is 1. The second-order valence-corrected chi connectivity index (χ2v) is 6.93. The zero-order valence-electron chi connectivity index (χ0n) is 14.7. The van der Waals surface area contributed by atoms with Crippen LogP contribution in [0.3, 0.4) is 0 Å². The first-order valence-electron chi connectivity index (χ1n) is 9.13. The molecule has 1 saturated heterocycles. The second-order valence-electron chi connectivity index (χ2n) is 6.93. The molecule has 1 heterocycles. The number of nitrogens with one attached hydrogen (secondary N) is 1. The van der Waals surface area contributed by atoms with E-state index in [2.05, 4.69) is 28.1 Å². The molecule has 1 N–H and O–H groups in total. The Morgan fingerprint density at radius 1 is 1.17 bits per heavy atom. The van der Waals surface area contributed by atoms with E-state index in [-0.39, 0.29) is 5.91 Å². The van der Waals surface area contributed by atoms with Crippen LogP contribution in [0.15, 0.2) is 24.3 Å². The zero-order chi connectivity index (χ0) is 16.8. The van der Waals surface area contributed by atoms with Gasteiger partial charge in [-0.05, 0) is 37.8 Å². The van der Waals surface area contributed by atoms with Crippen molar-refractivity contribution in [1.29, 1.82) is 0 Å². The summed E-state index contributed by atoms with van der Waals surface area (Å²) < 4.78 is 5.85.